The Kier molecular flexibility index (Phi) is 6.21. The van der Waals surface area contributed by atoms with Gasteiger partial charge >= 0.3 is 6.03 Å². The van der Waals surface area contributed by atoms with Crippen LogP contribution in [0.4, 0.5) is 10.5 Å². The van der Waals surface area contributed by atoms with Crippen molar-refractivity contribution in [3.8, 4) is 5.75 Å². The minimum Gasteiger partial charge on any atom is -0.495 e. The van der Waals surface area contributed by atoms with E-state index in [4.69, 9.17) is 4.74 Å². The minimum atomic E-state index is -0.00364. The summed E-state index contributed by atoms with van der Waals surface area (Å²) < 4.78 is 5.50. The molecule has 7 heteroatoms. The predicted molar refractivity (Wildman–Crippen MR) is 135 cm³/mol. The average molecular weight is 461 g/mol. The number of anilines is 1. The fourth-order valence-electron chi connectivity index (χ4n) is 4.58. The van der Waals surface area contributed by atoms with Gasteiger partial charge in [0.05, 0.1) is 12.8 Å². The summed E-state index contributed by atoms with van der Waals surface area (Å²) in [5.74, 6) is 0.980. The van der Waals surface area contributed by atoms with Gasteiger partial charge in [-0.3, -0.25) is 0 Å². The highest BCUT2D eigenvalue weighted by molar-refractivity contribution is 7.10. The van der Waals surface area contributed by atoms with E-state index >= 15 is 0 Å². The number of rotatable bonds is 6. The van der Waals surface area contributed by atoms with Crippen molar-refractivity contribution in [3.05, 3.63) is 82.7 Å². The van der Waals surface area contributed by atoms with Crippen molar-refractivity contribution in [1.82, 2.24) is 15.2 Å². The lowest BCUT2D eigenvalue weighted by atomic mass is 9.97. The second-order valence-electron chi connectivity index (χ2n) is 8.19. The number of aromatic amines is 1. The Balaban J connectivity index is 1.25. The number of fused-ring (bicyclic) bond motifs is 1. The molecule has 0 radical (unpaired) electrons. The van der Waals surface area contributed by atoms with Crippen LogP contribution in [0.2, 0.25) is 0 Å². The molecular formula is C26H28N4O2S. The molecule has 0 saturated carbocycles. The number of hydrogen-bond acceptors (Lipinski definition) is 4. The van der Waals surface area contributed by atoms with Gasteiger partial charge < -0.3 is 24.8 Å². The summed E-state index contributed by atoms with van der Waals surface area (Å²) >= 11 is 1.73. The van der Waals surface area contributed by atoms with Crippen molar-refractivity contribution in [2.75, 3.05) is 44.7 Å². The molecule has 33 heavy (non-hydrogen) atoms. The van der Waals surface area contributed by atoms with Gasteiger partial charge in [0, 0.05) is 60.6 Å². The Bertz CT molecular complexity index is 1210. The average Bonchev–Trinajstić information content (AvgIpc) is 3.55. The van der Waals surface area contributed by atoms with Gasteiger partial charge in [0.15, 0.2) is 0 Å². The number of hydrogen-bond donors (Lipinski definition) is 2. The van der Waals surface area contributed by atoms with E-state index in [9.17, 15) is 4.79 Å². The van der Waals surface area contributed by atoms with E-state index < -0.39 is 0 Å². The summed E-state index contributed by atoms with van der Waals surface area (Å²) in [6.45, 7) is 3.49. The quantitative estimate of drug-likeness (QED) is 0.430. The smallest absolute Gasteiger partial charge is 0.317 e. The number of carbonyl (C=O) groups is 1. The Morgan fingerprint density at radius 2 is 1.85 bits per heavy atom. The molecule has 2 amide bonds. The summed E-state index contributed by atoms with van der Waals surface area (Å²) in [4.78, 5) is 21.9. The van der Waals surface area contributed by atoms with Gasteiger partial charge in [-0.05, 0) is 35.2 Å². The second-order valence-corrected chi connectivity index (χ2v) is 9.17. The van der Waals surface area contributed by atoms with E-state index in [0.29, 0.717) is 19.6 Å². The molecule has 1 aliphatic rings. The lowest BCUT2D eigenvalue weighted by Crippen LogP contribution is -2.52. The van der Waals surface area contributed by atoms with Crippen LogP contribution in [0.1, 0.15) is 16.4 Å². The number of amides is 2. The van der Waals surface area contributed by atoms with Gasteiger partial charge in [-0.25, -0.2) is 4.79 Å². The van der Waals surface area contributed by atoms with Crippen LogP contribution in [0.3, 0.4) is 0 Å². The van der Waals surface area contributed by atoms with E-state index in [1.807, 2.05) is 29.2 Å². The lowest BCUT2D eigenvalue weighted by molar-refractivity contribution is 0.194. The van der Waals surface area contributed by atoms with Crippen molar-refractivity contribution >= 4 is 34.0 Å². The molecule has 0 aliphatic carbocycles. The highest BCUT2D eigenvalue weighted by atomic mass is 32.1. The molecule has 1 aliphatic heterocycles. The van der Waals surface area contributed by atoms with Crippen LogP contribution >= 0.6 is 11.3 Å². The number of H-pyrrole nitrogens is 1. The maximum absolute atomic E-state index is 13.0. The van der Waals surface area contributed by atoms with Crippen LogP contribution < -0.4 is 15.0 Å². The first kappa shape index (κ1) is 21.4. The molecule has 3 heterocycles. The number of nitrogens with zero attached hydrogens (tertiary/aromatic N) is 2. The van der Waals surface area contributed by atoms with Gasteiger partial charge in [0.2, 0.25) is 0 Å². The summed E-state index contributed by atoms with van der Waals surface area (Å²) in [6, 6.07) is 20.6. The zero-order valence-corrected chi connectivity index (χ0v) is 19.5. The summed E-state index contributed by atoms with van der Waals surface area (Å²) in [5, 5.41) is 6.51. The third-order valence-electron chi connectivity index (χ3n) is 6.33. The van der Waals surface area contributed by atoms with E-state index in [-0.39, 0.29) is 11.9 Å². The molecule has 2 aromatic heterocycles. The normalized spacial score (nSPS) is 14.9. The first-order valence-electron chi connectivity index (χ1n) is 11.2. The van der Waals surface area contributed by atoms with E-state index in [1.165, 1.54) is 15.8 Å². The SMILES string of the molecule is COc1ccccc1N1CCN(C(=O)NCC(c2cccs2)c2c[nH]c3ccccc23)CC1. The summed E-state index contributed by atoms with van der Waals surface area (Å²) in [6.07, 6.45) is 2.08. The zero-order chi connectivity index (χ0) is 22.6. The molecule has 2 aromatic carbocycles. The van der Waals surface area contributed by atoms with Crippen molar-refractivity contribution < 1.29 is 9.53 Å². The maximum atomic E-state index is 13.0. The topological polar surface area (TPSA) is 60.6 Å². The Labute approximate surface area is 197 Å². The molecule has 0 spiro atoms. The van der Waals surface area contributed by atoms with Gasteiger partial charge in [0.1, 0.15) is 5.75 Å². The molecule has 1 atom stereocenters. The van der Waals surface area contributed by atoms with E-state index in [0.717, 1.165) is 30.0 Å². The zero-order valence-electron chi connectivity index (χ0n) is 18.7. The molecule has 2 N–H and O–H groups in total. The van der Waals surface area contributed by atoms with Crippen LogP contribution in [0.25, 0.3) is 10.9 Å². The van der Waals surface area contributed by atoms with E-state index in [1.54, 1.807) is 18.4 Å². The Morgan fingerprint density at radius 1 is 1.06 bits per heavy atom. The highest BCUT2D eigenvalue weighted by Gasteiger charge is 2.25. The van der Waals surface area contributed by atoms with Crippen LogP contribution in [0, 0.1) is 0 Å². The number of methoxy groups -OCH3 is 1. The van der Waals surface area contributed by atoms with Crippen molar-refractivity contribution in [3.63, 3.8) is 0 Å². The fraction of sp³-hybridized carbons (Fsp3) is 0.269. The molecular weight excluding hydrogens is 432 g/mol. The number of ether oxygens (including phenoxy) is 1. The predicted octanol–water partition coefficient (Wildman–Crippen LogP) is 4.90. The number of piperazine rings is 1. The molecule has 4 aromatic rings. The third kappa shape index (κ3) is 4.41. The molecule has 5 rings (SSSR count). The number of urea groups is 1. The van der Waals surface area contributed by atoms with Crippen molar-refractivity contribution in [1.29, 1.82) is 0 Å². The Hall–Kier alpha value is -3.45. The van der Waals surface area contributed by atoms with Gasteiger partial charge in [-0.2, -0.15) is 0 Å². The van der Waals surface area contributed by atoms with Gasteiger partial charge in [0.25, 0.3) is 0 Å². The molecule has 6 nitrogen and oxygen atoms in total. The molecule has 170 valence electrons. The first-order chi connectivity index (χ1) is 16.2. The van der Waals surface area contributed by atoms with Gasteiger partial charge in [-0.1, -0.05) is 36.4 Å². The van der Waals surface area contributed by atoms with Crippen LogP contribution in [0.5, 0.6) is 5.75 Å². The second kappa shape index (κ2) is 9.58. The fourth-order valence-corrected chi connectivity index (χ4v) is 5.42. The third-order valence-corrected chi connectivity index (χ3v) is 7.32. The number of aromatic nitrogens is 1. The highest BCUT2D eigenvalue weighted by Crippen LogP contribution is 2.33. The molecule has 0 bridgehead atoms. The largest absolute Gasteiger partial charge is 0.495 e. The first-order valence-corrected chi connectivity index (χ1v) is 12.1. The van der Waals surface area contributed by atoms with Crippen LogP contribution in [0.15, 0.2) is 72.2 Å². The lowest BCUT2D eigenvalue weighted by Gasteiger charge is -2.36. The maximum Gasteiger partial charge on any atom is 0.317 e. The van der Waals surface area contributed by atoms with Crippen molar-refractivity contribution in [2.24, 2.45) is 0 Å². The number of thiophene rings is 1. The van der Waals surface area contributed by atoms with Crippen LogP contribution in [-0.2, 0) is 0 Å². The standard InChI is InChI=1S/C26H28N4O2S/c1-32-24-10-5-4-9-23(24)29-12-14-30(15-13-29)26(31)28-18-21(25-11-6-16-33-25)20-17-27-22-8-3-2-7-19(20)22/h2-11,16-17,21,27H,12-15,18H2,1H3,(H,28,31). The number of benzene rings is 2. The van der Waals surface area contributed by atoms with Crippen molar-refractivity contribution in [2.45, 2.75) is 5.92 Å². The number of nitrogens with one attached hydrogen (secondary N) is 2. The van der Waals surface area contributed by atoms with E-state index in [2.05, 4.69) is 63.2 Å². The van der Waals surface area contributed by atoms with Gasteiger partial charge in [-0.15, -0.1) is 11.3 Å². The summed E-state index contributed by atoms with van der Waals surface area (Å²) in [7, 11) is 1.69. The minimum absolute atomic E-state index is 0.00364. The number of para-hydroxylation sites is 3. The van der Waals surface area contributed by atoms with Crippen LogP contribution in [-0.4, -0.2) is 55.7 Å². The molecule has 1 fully saturated rings. The summed E-state index contributed by atoms with van der Waals surface area (Å²) in [5.41, 5.74) is 3.42. The number of carbonyl (C=O) groups excluding carboxylic acids is 1. The monoisotopic (exact) mass is 460 g/mol. The Morgan fingerprint density at radius 3 is 2.64 bits per heavy atom. The molecule has 1 unspecified atom stereocenters. The molecule has 1 saturated heterocycles.